The van der Waals surface area contributed by atoms with Gasteiger partial charge in [-0.1, -0.05) is 112 Å². The van der Waals surface area contributed by atoms with Crippen molar-refractivity contribution in [2.45, 2.75) is 99.2 Å². The van der Waals surface area contributed by atoms with E-state index < -0.39 is 8.07 Å². The molecule has 0 fully saturated rings. The molecule has 0 amide bonds. The predicted molar refractivity (Wildman–Crippen MR) is 202 cm³/mol. The van der Waals surface area contributed by atoms with Crippen LogP contribution in [0.15, 0.2) is 71.4 Å². The molecule has 2 aliphatic rings. The summed E-state index contributed by atoms with van der Waals surface area (Å²) in [6.07, 6.45) is 6.83. The molecule has 4 heteroatoms. The van der Waals surface area contributed by atoms with Gasteiger partial charge in [0.05, 0.1) is 0 Å². The zero-order chi connectivity index (χ0) is 31.2. The van der Waals surface area contributed by atoms with Crippen molar-refractivity contribution in [3.05, 3.63) is 125 Å². The quantitative estimate of drug-likeness (QED) is 0.135. The first-order valence-corrected chi connectivity index (χ1v) is 20.0. The summed E-state index contributed by atoms with van der Waals surface area (Å²) in [6, 6.07) is 26.0. The Hall–Kier alpha value is -1.31. The number of fused-ring (bicyclic) bond motifs is 3. The van der Waals surface area contributed by atoms with Crippen molar-refractivity contribution in [2.75, 3.05) is 0 Å². The fourth-order valence-corrected chi connectivity index (χ4v) is 7.09. The minimum atomic E-state index is -1.07. The number of allylic oxidation sites excluding steroid dienone is 4. The van der Waals surface area contributed by atoms with Crippen LogP contribution in [0.5, 0.6) is 0 Å². The van der Waals surface area contributed by atoms with Gasteiger partial charge in [-0.25, -0.2) is 10.8 Å². The summed E-state index contributed by atoms with van der Waals surface area (Å²) >= 11 is 1.30. The van der Waals surface area contributed by atoms with Crippen LogP contribution in [-0.2, 0) is 41.5 Å². The Morgan fingerprint density at radius 3 is 1.75 bits per heavy atom. The maximum absolute atomic E-state index is 3.67. The predicted octanol–water partition coefficient (Wildman–Crippen LogP) is 11.9. The molecule has 5 rings (SSSR count). The number of rotatable bonds is 1. The Morgan fingerprint density at radius 1 is 0.818 bits per heavy atom. The Morgan fingerprint density at radius 2 is 1.36 bits per heavy atom. The second kappa shape index (κ2) is 18.7. The van der Waals surface area contributed by atoms with Gasteiger partial charge in [-0.15, -0.1) is 35.9 Å². The van der Waals surface area contributed by atoms with Gasteiger partial charge in [-0.2, -0.15) is 65.7 Å². The molecule has 0 saturated carbocycles. The molecule has 0 nitrogen and oxygen atoms in total. The van der Waals surface area contributed by atoms with Gasteiger partial charge in [0.2, 0.25) is 0 Å². The van der Waals surface area contributed by atoms with E-state index in [1.165, 1.54) is 68.8 Å². The number of halogens is 2. The number of benzene rings is 3. The third-order valence-corrected chi connectivity index (χ3v) is 9.58. The van der Waals surface area contributed by atoms with E-state index in [4.69, 9.17) is 0 Å². The normalized spacial score (nSPS) is 14.4. The summed E-state index contributed by atoms with van der Waals surface area (Å²) in [5.41, 5.74) is 11.4. The first-order valence-electron chi connectivity index (χ1n) is 14.8. The van der Waals surface area contributed by atoms with Crippen LogP contribution in [0.25, 0.3) is 11.1 Å². The number of hydrogen-bond acceptors (Lipinski definition) is 0. The first kappa shape index (κ1) is 44.8. The van der Waals surface area contributed by atoms with Crippen molar-refractivity contribution in [2.24, 2.45) is 5.92 Å². The van der Waals surface area contributed by atoms with E-state index in [1.807, 2.05) is 24.3 Å². The maximum atomic E-state index is 3.67. The van der Waals surface area contributed by atoms with Crippen molar-refractivity contribution in [3.63, 3.8) is 0 Å². The van der Waals surface area contributed by atoms with Crippen molar-refractivity contribution in [1.29, 1.82) is 0 Å². The van der Waals surface area contributed by atoms with Crippen LogP contribution in [0, 0.1) is 38.5 Å². The van der Waals surface area contributed by atoms with Crippen molar-refractivity contribution in [3.8, 4) is 11.1 Å². The van der Waals surface area contributed by atoms with Crippen LogP contribution in [-0.4, -0.2) is 12.3 Å². The van der Waals surface area contributed by atoms with Gasteiger partial charge >= 0.3 is 28.4 Å². The van der Waals surface area contributed by atoms with E-state index in [0.29, 0.717) is 5.92 Å². The molecule has 44 heavy (non-hydrogen) atoms. The van der Waals surface area contributed by atoms with Gasteiger partial charge in [0.15, 0.2) is 0 Å². The smallest absolute Gasteiger partial charge is 0.358 e. The molecule has 0 aromatic heterocycles. The molecular formula is C40H56Cl2SiZr-4. The zero-order valence-electron chi connectivity index (χ0n) is 29.6. The molecule has 0 spiro atoms. The zero-order valence-corrected chi connectivity index (χ0v) is 34.7. The molecule has 0 N–H and O–H groups in total. The van der Waals surface area contributed by atoms with Gasteiger partial charge in [0.25, 0.3) is 0 Å². The van der Waals surface area contributed by atoms with E-state index in [0.717, 1.165) is 6.42 Å². The largest absolute Gasteiger partial charge is 0.358 e. The number of hydrogen-bond donors (Lipinski definition) is 0. The SMILES string of the molecule is CC(C)(C)c1[c-]c2c(cc1)-c1ccc(C(C)(C)C)cc1C2.CC1=[C-]C(C)C=C1[Si](C)(C)C.Cc1cc[c-]cc1.Cl.Cl.[CH2]=[Zr].[CH3-]. The summed E-state index contributed by atoms with van der Waals surface area (Å²) in [5, 5.41) is 1.60. The molecule has 0 saturated heterocycles. The van der Waals surface area contributed by atoms with Crippen LogP contribution in [0.4, 0.5) is 0 Å². The average Bonchev–Trinajstić information content (AvgIpc) is 3.43. The standard InChI is InChI=1S/C21H25.C10H17Si.C7H7.CH3.CH2.2ClH.Zr/c1-20(2,3)16-7-9-18-14(12-16)11-15-13-17(21(4,5)6)8-10-19(15)18;1-8-6-9(2)10(7-8)11(3,4)5;1-7-5-3-2-4-6-7;;;;;/h7-10,12H,11H2,1-6H3;7-8H,1-5H3;3-6H,1H3;1H3;1H2;2*1H;/q4*-1;;;;. The van der Waals surface area contributed by atoms with Gasteiger partial charge in [0.1, 0.15) is 0 Å². The Labute approximate surface area is 300 Å². The Bertz CT molecular complexity index is 1310. The monoisotopic (exact) mass is 724 g/mol. The van der Waals surface area contributed by atoms with Crippen LogP contribution in [0.1, 0.15) is 83.2 Å². The topological polar surface area (TPSA) is 0 Å². The second-order valence-electron chi connectivity index (χ2n) is 14.3. The fraction of sp³-hybridized carbons (Fsp3) is 0.400. The Balaban J connectivity index is 0. The summed E-state index contributed by atoms with van der Waals surface area (Å²) in [5.74, 6) is 0.553. The van der Waals surface area contributed by atoms with E-state index >= 15 is 0 Å². The van der Waals surface area contributed by atoms with Gasteiger partial charge < -0.3 is 7.43 Å². The second-order valence-corrected chi connectivity index (χ2v) is 19.3. The third-order valence-electron chi connectivity index (χ3n) is 7.42. The summed E-state index contributed by atoms with van der Waals surface area (Å²) < 4.78 is 3.34. The molecule has 0 radical (unpaired) electrons. The molecule has 0 bridgehead atoms. The van der Waals surface area contributed by atoms with E-state index in [2.05, 4.69) is 141 Å². The van der Waals surface area contributed by atoms with Crippen molar-refractivity contribution < 1.29 is 24.2 Å². The fourth-order valence-electron chi connectivity index (χ4n) is 5.15. The van der Waals surface area contributed by atoms with Crippen molar-refractivity contribution >= 4 is 37.1 Å². The minimum Gasteiger partial charge on any atom is -0.358 e. The first-order chi connectivity index (χ1) is 19.0. The van der Waals surface area contributed by atoms with Crippen LogP contribution < -0.4 is 0 Å². The number of aryl methyl sites for hydroxylation is 1. The molecule has 3 aromatic carbocycles. The van der Waals surface area contributed by atoms with Crippen LogP contribution in [0.2, 0.25) is 19.6 Å². The molecule has 1 atom stereocenters. The van der Waals surface area contributed by atoms with Crippen LogP contribution >= 0.6 is 24.8 Å². The molecule has 242 valence electrons. The van der Waals surface area contributed by atoms with E-state index in [-0.39, 0.29) is 43.1 Å². The van der Waals surface area contributed by atoms with Crippen molar-refractivity contribution in [1.82, 2.24) is 0 Å². The Kier molecular flexibility index (Phi) is 19.1. The van der Waals surface area contributed by atoms with Gasteiger partial charge in [-0.05, 0) is 36.5 Å². The van der Waals surface area contributed by atoms with E-state index in [1.54, 1.807) is 5.20 Å². The average molecular weight is 727 g/mol. The molecular weight excluding hydrogens is 671 g/mol. The third kappa shape index (κ3) is 12.8. The van der Waals surface area contributed by atoms with Crippen LogP contribution in [0.3, 0.4) is 0 Å². The molecule has 0 aliphatic heterocycles. The summed E-state index contributed by atoms with van der Waals surface area (Å²) in [4.78, 5) is 0. The van der Waals surface area contributed by atoms with Gasteiger partial charge in [0, 0.05) is 0 Å². The minimum absolute atomic E-state index is 0. The maximum Gasteiger partial charge on any atom is -0.358 e. The van der Waals surface area contributed by atoms with E-state index in [9.17, 15) is 0 Å². The summed E-state index contributed by atoms with van der Waals surface area (Å²) in [7, 11) is -1.07. The van der Waals surface area contributed by atoms with Gasteiger partial charge in [-0.3, -0.25) is 6.08 Å². The molecule has 3 aromatic rings. The molecule has 0 heterocycles. The summed E-state index contributed by atoms with van der Waals surface area (Å²) in [6.45, 7) is 27.2. The molecule has 1 unspecified atom stereocenters. The molecule has 2 aliphatic carbocycles.